The summed E-state index contributed by atoms with van der Waals surface area (Å²) in [5.74, 6) is -0.874. The number of benzene rings is 1. The van der Waals surface area contributed by atoms with E-state index in [-0.39, 0.29) is 17.8 Å². The topological polar surface area (TPSA) is 92.7 Å². The van der Waals surface area contributed by atoms with Crippen molar-refractivity contribution in [1.29, 1.82) is 0 Å². The van der Waals surface area contributed by atoms with Crippen LogP contribution in [-0.2, 0) is 20.9 Å². The monoisotopic (exact) mass is 343 g/mol. The molecular formula is C16H22ClNO5. The van der Waals surface area contributed by atoms with Gasteiger partial charge < -0.3 is 15.2 Å². The fourth-order valence-corrected chi connectivity index (χ4v) is 1.60. The fourth-order valence-electron chi connectivity index (χ4n) is 1.60. The molecule has 1 amide bonds. The first-order valence-electron chi connectivity index (χ1n) is 7.08. The highest BCUT2D eigenvalue weighted by molar-refractivity contribution is 6.62. The lowest BCUT2D eigenvalue weighted by atomic mass is 10.0. The molecule has 0 unspecified atom stereocenters. The highest BCUT2D eigenvalue weighted by atomic mass is 35.5. The number of rotatable bonds is 6. The molecule has 0 saturated heterocycles. The van der Waals surface area contributed by atoms with Crippen molar-refractivity contribution in [3.63, 3.8) is 0 Å². The number of carboxylic acid groups (broad SMARTS) is 1. The first kappa shape index (κ1) is 20.9. The van der Waals surface area contributed by atoms with Crippen LogP contribution >= 0.6 is 11.6 Å². The predicted molar refractivity (Wildman–Crippen MR) is 87.2 cm³/mol. The minimum absolute atomic E-state index is 0.126. The standard InChI is InChI=1S/C14H19NO4.C2H3ClO/c1-10(2)8-12(13(16)17)15-14(18)19-9-11-6-4-3-5-7-11;1-2(3)4/h3-7,10,12H,8-9H2,1-2H3,(H,15,18)(H,16,17);1H3/t12-;/m0./s1. The number of alkyl carbamates (subject to hydrolysis) is 1. The molecule has 128 valence electrons. The van der Waals surface area contributed by atoms with Crippen LogP contribution in [0.15, 0.2) is 30.3 Å². The van der Waals surface area contributed by atoms with Crippen LogP contribution < -0.4 is 5.32 Å². The molecular weight excluding hydrogens is 322 g/mol. The van der Waals surface area contributed by atoms with E-state index in [1.807, 2.05) is 44.2 Å². The van der Waals surface area contributed by atoms with Crippen LogP contribution in [0.25, 0.3) is 0 Å². The van der Waals surface area contributed by atoms with Crippen LogP contribution in [0.5, 0.6) is 0 Å². The van der Waals surface area contributed by atoms with Gasteiger partial charge in [-0.1, -0.05) is 44.2 Å². The Bertz CT molecular complexity index is 500. The van der Waals surface area contributed by atoms with E-state index in [9.17, 15) is 14.4 Å². The third kappa shape index (κ3) is 12.2. The van der Waals surface area contributed by atoms with Gasteiger partial charge in [0.2, 0.25) is 5.24 Å². The Balaban J connectivity index is 0.00000108. The second kappa shape index (κ2) is 11.5. The number of nitrogens with one attached hydrogen (secondary N) is 1. The molecule has 0 spiro atoms. The average molecular weight is 344 g/mol. The van der Waals surface area contributed by atoms with Gasteiger partial charge in [0, 0.05) is 6.92 Å². The summed E-state index contributed by atoms with van der Waals surface area (Å²) in [7, 11) is 0. The molecule has 0 aliphatic carbocycles. The number of aliphatic carboxylic acids is 1. The van der Waals surface area contributed by atoms with E-state index in [1.165, 1.54) is 6.92 Å². The molecule has 1 atom stereocenters. The van der Waals surface area contributed by atoms with E-state index in [4.69, 9.17) is 9.84 Å². The van der Waals surface area contributed by atoms with Crippen LogP contribution in [0.2, 0.25) is 0 Å². The molecule has 0 radical (unpaired) electrons. The van der Waals surface area contributed by atoms with Crippen molar-refractivity contribution in [2.45, 2.75) is 39.8 Å². The second-order valence-corrected chi connectivity index (χ2v) is 5.73. The summed E-state index contributed by atoms with van der Waals surface area (Å²) in [6.45, 7) is 5.21. The van der Waals surface area contributed by atoms with Crippen LogP contribution in [0.4, 0.5) is 4.79 Å². The van der Waals surface area contributed by atoms with Gasteiger partial charge in [-0.2, -0.15) is 0 Å². The van der Waals surface area contributed by atoms with E-state index in [1.54, 1.807) is 0 Å². The molecule has 7 heteroatoms. The summed E-state index contributed by atoms with van der Waals surface area (Å²) in [4.78, 5) is 31.7. The third-order valence-corrected chi connectivity index (χ3v) is 2.51. The molecule has 0 heterocycles. The number of carboxylic acids is 1. The minimum Gasteiger partial charge on any atom is -0.480 e. The lowest BCUT2D eigenvalue weighted by Gasteiger charge is -2.16. The van der Waals surface area contributed by atoms with Crippen LogP contribution in [0.1, 0.15) is 32.8 Å². The number of hydrogen-bond donors (Lipinski definition) is 2. The van der Waals surface area contributed by atoms with Crippen LogP contribution in [-0.4, -0.2) is 28.5 Å². The van der Waals surface area contributed by atoms with Crippen molar-refractivity contribution in [3.05, 3.63) is 35.9 Å². The molecule has 0 saturated carbocycles. The Morgan fingerprint density at radius 1 is 1.22 bits per heavy atom. The molecule has 0 aliphatic rings. The van der Waals surface area contributed by atoms with Gasteiger partial charge in [-0.15, -0.1) is 0 Å². The lowest BCUT2D eigenvalue weighted by Crippen LogP contribution is -2.41. The number of carbonyl (C=O) groups is 3. The van der Waals surface area contributed by atoms with E-state index in [0.29, 0.717) is 6.42 Å². The van der Waals surface area contributed by atoms with Gasteiger partial charge in [0.15, 0.2) is 0 Å². The first-order valence-corrected chi connectivity index (χ1v) is 7.46. The molecule has 1 aromatic rings. The summed E-state index contributed by atoms with van der Waals surface area (Å²) in [5, 5.41) is 11.0. The maximum absolute atomic E-state index is 11.5. The highest BCUT2D eigenvalue weighted by Crippen LogP contribution is 2.06. The Labute approximate surface area is 140 Å². The van der Waals surface area contributed by atoms with E-state index >= 15 is 0 Å². The van der Waals surface area contributed by atoms with Crippen molar-refractivity contribution >= 4 is 28.9 Å². The molecule has 6 nitrogen and oxygen atoms in total. The summed E-state index contributed by atoms with van der Waals surface area (Å²) < 4.78 is 4.98. The Kier molecular flexibility index (Phi) is 10.4. The highest BCUT2D eigenvalue weighted by Gasteiger charge is 2.21. The van der Waals surface area contributed by atoms with Crippen LogP contribution in [0, 0.1) is 5.92 Å². The zero-order valence-electron chi connectivity index (χ0n) is 13.4. The minimum atomic E-state index is -1.05. The normalized spacial score (nSPS) is 11.0. The maximum Gasteiger partial charge on any atom is 0.408 e. The van der Waals surface area contributed by atoms with Gasteiger partial charge in [-0.25, -0.2) is 9.59 Å². The van der Waals surface area contributed by atoms with Crippen molar-refractivity contribution < 1.29 is 24.2 Å². The molecule has 23 heavy (non-hydrogen) atoms. The maximum atomic E-state index is 11.5. The van der Waals surface area contributed by atoms with E-state index in [0.717, 1.165) is 5.56 Å². The summed E-state index contributed by atoms with van der Waals surface area (Å²) >= 11 is 4.64. The van der Waals surface area contributed by atoms with Crippen molar-refractivity contribution in [2.24, 2.45) is 5.92 Å². The van der Waals surface area contributed by atoms with Gasteiger partial charge in [0.05, 0.1) is 0 Å². The van der Waals surface area contributed by atoms with Gasteiger partial charge in [-0.05, 0) is 29.5 Å². The van der Waals surface area contributed by atoms with E-state index in [2.05, 4.69) is 16.9 Å². The van der Waals surface area contributed by atoms with Crippen LogP contribution in [0.3, 0.4) is 0 Å². The fraction of sp³-hybridized carbons (Fsp3) is 0.438. The predicted octanol–water partition coefficient (Wildman–Crippen LogP) is 3.18. The summed E-state index contributed by atoms with van der Waals surface area (Å²) in [6.07, 6.45) is -0.340. The number of hydrogen-bond acceptors (Lipinski definition) is 4. The first-order chi connectivity index (χ1) is 10.7. The number of halogens is 1. The molecule has 0 bridgehead atoms. The van der Waals surface area contributed by atoms with Gasteiger partial charge in [-0.3, -0.25) is 4.79 Å². The summed E-state index contributed by atoms with van der Waals surface area (Å²) in [6, 6.07) is 8.30. The quantitative estimate of drug-likeness (QED) is 0.774. The SMILES string of the molecule is CC(=O)Cl.CC(C)C[C@H](NC(=O)OCc1ccccc1)C(=O)O. The van der Waals surface area contributed by atoms with Gasteiger partial charge in [0.25, 0.3) is 0 Å². The Hall–Kier alpha value is -2.08. The third-order valence-electron chi connectivity index (χ3n) is 2.51. The second-order valence-electron chi connectivity index (χ2n) is 5.20. The average Bonchev–Trinajstić information content (AvgIpc) is 2.44. The number of amides is 1. The largest absolute Gasteiger partial charge is 0.480 e. The molecule has 1 aromatic carbocycles. The van der Waals surface area contributed by atoms with Gasteiger partial charge >= 0.3 is 12.1 Å². The van der Waals surface area contributed by atoms with Crippen molar-refractivity contribution in [2.75, 3.05) is 0 Å². The van der Waals surface area contributed by atoms with Crippen molar-refractivity contribution in [1.82, 2.24) is 5.32 Å². The Morgan fingerprint density at radius 3 is 2.17 bits per heavy atom. The Morgan fingerprint density at radius 2 is 1.74 bits per heavy atom. The van der Waals surface area contributed by atoms with Crippen molar-refractivity contribution in [3.8, 4) is 0 Å². The van der Waals surface area contributed by atoms with E-state index < -0.39 is 18.1 Å². The summed E-state index contributed by atoms with van der Waals surface area (Å²) in [5.41, 5.74) is 0.855. The lowest BCUT2D eigenvalue weighted by molar-refractivity contribution is -0.139. The molecule has 0 fully saturated rings. The molecule has 0 aromatic heterocycles. The van der Waals surface area contributed by atoms with Gasteiger partial charge in [0.1, 0.15) is 12.6 Å². The smallest absolute Gasteiger partial charge is 0.408 e. The number of carbonyl (C=O) groups excluding carboxylic acids is 2. The molecule has 1 rings (SSSR count). The molecule has 2 N–H and O–H groups in total. The zero-order valence-corrected chi connectivity index (χ0v) is 14.2. The number of ether oxygens (including phenoxy) is 1. The molecule has 0 aliphatic heterocycles. The zero-order chi connectivity index (χ0) is 17.8.